The molecule has 0 bridgehead atoms. The number of hydrogen-bond donors (Lipinski definition) is 1. The summed E-state index contributed by atoms with van der Waals surface area (Å²) in [6, 6.07) is 8.30. The molecule has 0 aromatic heterocycles. The monoisotopic (exact) mass is 232 g/mol. The second-order valence-electron chi connectivity index (χ2n) is 1.75. The number of hydrogen-bond acceptors (Lipinski definition) is 4. The molecule has 0 fully saturated rings. The molecular weight excluding hydrogens is 227 g/mol. The Labute approximate surface area is 87.1 Å². The molecule has 0 aliphatic heterocycles. The number of nitrogens with zero attached hydrogens (tertiary/aromatic N) is 1. The summed E-state index contributed by atoms with van der Waals surface area (Å²) in [4.78, 5) is 18.2. The van der Waals surface area contributed by atoms with Gasteiger partial charge >= 0.3 is 5.97 Å². The summed E-state index contributed by atoms with van der Waals surface area (Å²) >= 11 is 0. The Balaban J connectivity index is 0. The first-order valence-corrected chi connectivity index (χ1v) is 2.95. The van der Waals surface area contributed by atoms with Gasteiger partial charge in [0.05, 0.1) is 5.56 Å². The van der Waals surface area contributed by atoms with Crippen LogP contribution in [0.5, 0.6) is 0 Å². The summed E-state index contributed by atoms with van der Waals surface area (Å²) in [5.41, 5.74) is 0.331. The van der Waals surface area contributed by atoms with E-state index < -0.39 is 5.97 Å². The van der Waals surface area contributed by atoms with Gasteiger partial charge in [-0.25, -0.2) is 4.79 Å². The summed E-state index contributed by atoms with van der Waals surface area (Å²) in [7, 11) is 0. The molecule has 0 amide bonds. The Morgan fingerprint density at radius 2 is 1.69 bits per heavy atom. The van der Waals surface area contributed by atoms with Gasteiger partial charge in [-0.3, -0.25) is 0 Å². The van der Waals surface area contributed by atoms with Crippen molar-refractivity contribution in [2.24, 2.45) is 5.34 Å². The zero-order valence-corrected chi connectivity index (χ0v) is 9.68. The minimum absolute atomic E-state index is 0. The first kappa shape index (κ1) is 14.2. The van der Waals surface area contributed by atoms with E-state index in [1.807, 2.05) is 0 Å². The van der Waals surface area contributed by atoms with Crippen molar-refractivity contribution in [1.29, 1.82) is 0 Å². The largest absolute Gasteiger partial charge is 0.478 e. The van der Waals surface area contributed by atoms with Crippen LogP contribution in [-0.2, 0) is 19.5 Å². The predicted molar refractivity (Wildman–Crippen MR) is 42.6 cm³/mol. The third kappa shape index (κ3) is 7.09. The van der Waals surface area contributed by atoms with E-state index >= 15 is 0 Å². The van der Waals surface area contributed by atoms with Crippen molar-refractivity contribution in [3.63, 3.8) is 0 Å². The van der Waals surface area contributed by atoms with Gasteiger partial charge in [-0.1, -0.05) is 18.2 Å². The van der Waals surface area contributed by atoms with Gasteiger partial charge in [0.1, 0.15) is 0 Å². The van der Waals surface area contributed by atoms with Crippen LogP contribution in [0.1, 0.15) is 10.4 Å². The van der Waals surface area contributed by atoms with E-state index in [1.165, 1.54) is 0 Å². The van der Waals surface area contributed by atoms with Crippen molar-refractivity contribution in [2.75, 3.05) is 0 Å². The topological polar surface area (TPSA) is 89.8 Å². The Hall–Kier alpha value is -1.29. The zero-order valence-electron chi connectivity index (χ0n) is 6.71. The van der Waals surface area contributed by atoms with Crippen LogP contribution in [0.2, 0.25) is 0 Å². The molecule has 66 valence electrons. The number of carboxylic acid groups (broad SMARTS) is 1. The maximum absolute atomic E-state index is 10.2. The average molecular weight is 234 g/mol. The molecule has 0 atom stereocenters. The maximum Gasteiger partial charge on any atom is 0.335 e. The molecule has 0 saturated heterocycles. The Bertz CT molecular complexity index is 252. The van der Waals surface area contributed by atoms with Crippen LogP contribution >= 0.6 is 0 Å². The molecule has 13 heavy (non-hydrogen) atoms. The van der Waals surface area contributed by atoms with E-state index in [1.54, 1.807) is 30.3 Å². The molecule has 1 rings (SSSR count). The van der Waals surface area contributed by atoms with Gasteiger partial charge in [0.2, 0.25) is 0 Å². The van der Waals surface area contributed by atoms with Crippen LogP contribution in [0.15, 0.2) is 35.7 Å². The third-order valence-electron chi connectivity index (χ3n) is 1.02. The van der Waals surface area contributed by atoms with Crippen LogP contribution in [0.3, 0.4) is 0 Å². The third-order valence-corrected chi connectivity index (χ3v) is 1.02. The van der Waals surface area contributed by atoms with Crippen LogP contribution in [0.4, 0.5) is 0 Å². The van der Waals surface area contributed by atoms with Crippen molar-refractivity contribution in [3.05, 3.63) is 46.0 Å². The molecular formula is C7H6NO4Zn-. The van der Waals surface area contributed by atoms with Crippen molar-refractivity contribution >= 4 is 5.97 Å². The van der Waals surface area contributed by atoms with Crippen molar-refractivity contribution < 1.29 is 29.4 Å². The number of carboxylic acids is 1. The first-order chi connectivity index (χ1) is 5.72. The van der Waals surface area contributed by atoms with Gasteiger partial charge in [0.25, 0.3) is 0 Å². The normalized spacial score (nSPS) is 7.08. The summed E-state index contributed by atoms with van der Waals surface area (Å²) in [6.45, 7) is 0. The molecule has 5 nitrogen and oxygen atoms in total. The number of benzene rings is 1. The maximum atomic E-state index is 10.2. The van der Waals surface area contributed by atoms with Gasteiger partial charge in [-0.15, -0.1) is 5.34 Å². The molecule has 0 unspecified atom stereocenters. The molecule has 0 spiro atoms. The Morgan fingerprint density at radius 1 is 1.31 bits per heavy atom. The van der Waals surface area contributed by atoms with Gasteiger partial charge in [-0.05, 0) is 12.1 Å². The van der Waals surface area contributed by atoms with Crippen LogP contribution in [-0.4, -0.2) is 11.1 Å². The zero-order chi connectivity index (χ0) is 9.40. The minimum atomic E-state index is -0.879. The smallest absolute Gasteiger partial charge is 0.335 e. The fourth-order valence-electron chi connectivity index (χ4n) is 0.581. The Morgan fingerprint density at radius 3 is 1.92 bits per heavy atom. The van der Waals surface area contributed by atoms with Crippen molar-refractivity contribution in [1.82, 2.24) is 0 Å². The summed E-state index contributed by atoms with van der Waals surface area (Å²) in [6.07, 6.45) is 0. The summed E-state index contributed by atoms with van der Waals surface area (Å²) < 4.78 is 0. The van der Waals surface area contributed by atoms with Crippen LogP contribution in [0, 0.1) is 10.1 Å². The van der Waals surface area contributed by atoms with E-state index in [9.17, 15) is 4.79 Å². The molecule has 0 radical (unpaired) electrons. The van der Waals surface area contributed by atoms with Gasteiger partial charge in [0, 0.05) is 19.5 Å². The van der Waals surface area contributed by atoms with E-state index in [-0.39, 0.29) is 19.5 Å². The standard InChI is InChI=1S/C7H6O2.HNO2.Zn/c8-7(9)6-4-2-1-3-5-6;2-1-3;/h1-5H,(H,8,9);(H,2,3);/p-1. The molecule has 1 aromatic carbocycles. The van der Waals surface area contributed by atoms with E-state index in [2.05, 4.69) is 0 Å². The molecule has 0 aliphatic rings. The van der Waals surface area contributed by atoms with E-state index in [0.29, 0.717) is 5.56 Å². The van der Waals surface area contributed by atoms with E-state index in [0.717, 1.165) is 5.34 Å². The van der Waals surface area contributed by atoms with E-state index in [4.69, 9.17) is 15.2 Å². The average Bonchev–Trinajstić information content (AvgIpc) is 2.07. The van der Waals surface area contributed by atoms with Gasteiger partial charge < -0.3 is 15.2 Å². The fraction of sp³-hybridized carbons (Fsp3) is 0. The Kier molecular flexibility index (Phi) is 9.65. The summed E-state index contributed by atoms with van der Waals surface area (Å²) in [5.74, 6) is -0.879. The first-order valence-electron chi connectivity index (χ1n) is 2.95. The number of aromatic carboxylic acids is 1. The van der Waals surface area contributed by atoms with Gasteiger partial charge in [0.15, 0.2) is 0 Å². The molecule has 0 aliphatic carbocycles. The van der Waals surface area contributed by atoms with Crippen molar-refractivity contribution in [2.45, 2.75) is 0 Å². The SMILES string of the molecule is O=C(O)c1ccccc1.O=N[O-].[Zn]. The summed E-state index contributed by atoms with van der Waals surface area (Å²) in [5, 5.41) is 17.4. The minimum Gasteiger partial charge on any atom is -0.478 e. The second kappa shape index (κ2) is 8.81. The second-order valence-corrected chi connectivity index (χ2v) is 1.75. The van der Waals surface area contributed by atoms with Crippen LogP contribution in [0.25, 0.3) is 0 Å². The fourth-order valence-corrected chi connectivity index (χ4v) is 0.581. The van der Waals surface area contributed by atoms with Gasteiger partial charge in [-0.2, -0.15) is 0 Å². The number of rotatable bonds is 1. The quantitative estimate of drug-likeness (QED) is 0.453. The molecule has 0 saturated carbocycles. The number of carbonyl (C=O) groups is 1. The molecule has 1 N–H and O–H groups in total. The predicted octanol–water partition coefficient (Wildman–Crippen LogP) is 1.63. The molecule has 6 heteroatoms. The van der Waals surface area contributed by atoms with Crippen molar-refractivity contribution in [3.8, 4) is 0 Å². The molecule has 1 aromatic rings. The molecule has 0 heterocycles. The van der Waals surface area contributed by atoms with Crippen LogP contribution < -0.4 is 0 Å².